The molecule has 1 rings (SSSR count). The molecule has 0 aliphatic carbocycles. The minimum Gasteiger partial charge on any atom is -0.493 e. The van der Waals surface area contributed by atoms with Crippen molar-refractivity contribution >= 4 is 18.0 Å². The number of rotatable bonds is 9. The van der Waals surface area contributed by atoms with Crippen LogP contribution in [0.5, 0.6) is 5.75 Å². The highest BCUT2D eigenvalue weighted by molar-refractivity contribution is 5.89. The van der Waals surface area contributed by atoms with Crippen LogP contribution in [0, 0.1) is 5.92 Å². The molecule has 0 bridgehead atoms. The van der Waals surface area contributed by atoms with Gasteiger partial charge in [0.25, 0.3) is 5.91 Å². The summed E-state index contributed by atoms with van der Waals surface area (Å²) in [4.78, 5) is 23.2. The number of benzene rings is 1. The largest absolute Gasteiger partial charge is 0.493 e. The molecule has 5 nitrogen and oxygen atoms in total. The standard InChI is InChI=1S/C18H25NO4/c1-4-22-16-8-6-5-7-15(16)9-10-18(21)23-13-17(20)19-12-11-14(2)3/h5-10,14H,4,11-13H2,1-3H3,(H,19,20)/b10-9+. The Bertz CT molecular complexity index is 538. The molecular formula is C18H25NO4. The van der Waals surface area contributed by atoms with Gasteiger partial charge in [-0.3, -0.25) is 4.79 Å². The summed E-state index contributed by atoms with van der Waals surface area (Å²) in [6.07, 6.45) is 3.80. The summed E-state index contributed by atoms with van der Waals surface area (Å²) in [6, 6.07) is 7.39. The minimum absolute atomic E-state index is 0.269. The van der Waals surface area contributed by atoms with Crippen LogP contribution in [0.2, 0.25) is 0 Å². The van der Waals surface area contributed by atoms with Crippen LogP contribution < -0.4 is 10.1 Å². The average Bonchev–Trinajstić information content (AvgIpc) is 2.52. The number of hydrogen-bond acceptors (Lipinski definition) is 4. The van der Waals surface area contributed by atoms with Crippen molar-refractivity contribution in [2.45, 2.75) is 27.2 Å². The van der Waals surface area contributed by atoms with E-state index in [-0.39, 0.29) is 12.5 Å². The third kappa shape index (κ3) is 8.04. The van der Waals surface area contributed by atoms with E-state index in [0.29, 0.717) is 24.8 Å². The van der Waals surface area contributed by atoms with Crippen molar-refractivity contribution in [1.29, 1.82) is 0 Å². The number of ether oxygens (including phenoxy) is 2. The van der Waals surface area contributed by atoms with Gasteiger partial charge in [-0.2, -0.15) is 0 Å². The predicted molar refractivity (Wildman–Crippen MR) is 90.1 cm³/mol. The van der Waals surface area contributed by atoms with E-state index in [4.69, 9.17) is 9.47 Å². The van der Waals surface area contributed by atoms with Crippen molar-refractivity contribution in [2.75, 3.05) is 19.8 Å². The number of esters is 1. The Balaban J connectivity index is 2.40. The van der Waals surface area contributed by atoms with E-state index < -0.39 is 5.97 Å². The van der Waals surface area contributed by atoms with E-state index in [0.717, 1.165) is 12.0 Å². The zero-order valence-corrected chi connectivity index (χ0v) is 14.0. The van der Waals surface area contributed by atoms with Gasteiger partial charge in [0.05, 0.1) is 6.61 Å². The Hall–Kier alpha value is -2.30. The first-order chi connectivity index (χ1) is 11.0. The lowest BCUT2D eigenvalue weighted by molar-refractivity contribution is -0.143. The molecule has 0 unspecified atom stereocenters. The SMILES string of the molecule is CCOc1ccccc1/C=C/C(=O)OCC(=O)NCCC(C)C. The quantitative estimate of drug-likeness (QED) is 0.561. The summed E-state index contributed by atoms with van der Waals surface area (Å²) in [5.41, 5.74) is 0.785. The number of amides is 1. The number of para-hydroxylation sites is 1. The normalized spacial score (nSPS) is 10.8. The Labute approximate surface area is 137 Å². The molecule has 0 spiro atoms. The van der Waals surface area contributed by atoms with E-state index in [1.54, 1.807) is 6.08 Å². The Morgan fingerprint density at radius 3 is 2.70 bits per heavy atom. The van der Waals surface area contributed by atoms with Gasteiger partial charge in [-0.15, -0.1) is 0 Å². The first-order valence-corrected chi connectivity index (χ1v) is 7.86. The fourth-order valence-corrected chi connectivity index (χ4v) is 1.80. The maximum Gasteiger partial charge on any atom is 0.331 e. The molecule has 23 heavy (non-hydrogen) atoms. The molecule has 0 radical (unpaired) electrons. The van der Waals surface area contributed by atoms with Gasteiger partial charge in [-0.25, -0.2) is 4.79 Å². The van der Waals surface area contributed by atoms with E-state index >= 15 is 0 Å². The molecule has 0 saturated heterocycles. The fraction of sp³-hybridized carbons (Fsp3) is 0.444. The smallest absolute Gasteiger partial charge is 0.331 e. The average molecular weight is 319 g/mol. The van der Waals surface area contributed by atoms with Crippen molar-refractivity contribution in [3.63, 3.8) is 0 Å². The summed E-state index contributed by atoms with van der Waals surface area (Å²) in [5, 5.41) is 2.71. The second kappa shape index (κ2) is 10.4. The molecule has 1 amide bonds. The van der Waals surface area contributed by atoms with Crippen molar-refractivity contribution < 1.29 is 19.1 Å². The van der Waals surface area contributed by atoms with Gasteiger partial charge in [-0.1, -0.05) is 32.0 Å². The molecule has 0 aliphatic heterocycles. The first-order valence-electron chi connectivity index (χ1n) is 7.86. The van der Waals surface area contributed by atoms with E-state index in [1.807, 2.05) is 31.2 Å². The van der Waals surface area contributed by atoms with Gasteiger partial charge in [0.1, 0.15) is 5.75 Å². The van der Waals surface area contributed by atoms with Crippen LogP contribution in [0.15, 0.2) is 30.3 Å². The lowest BCUT2D eigenvalue weighted by Gasteiger charge is -2.07. The summed E-state index contributed by atoms with van der Waals surface area (Å²) in [7, 11) is 0. The summed E-state index contributed by atoms with van der Waals surface area (Å²) < 4.78 is 10.4. The number of nitrogens with one attached hydrogen (secondary N) is 1. The number of hydrogen-bond donors (Lipinski definition) is 1. The molecule has 0 aliphatic rings. The van der Waals surface area contributed by atoms with Crippen LogP contribution in [0.25, 0.3) is 6.08 Å². The molecule has 0 aromatic heterocycles. The van der Waals surface area contributed by atoms with Crippen molar-refractivity contribution in [1.82, 2.24) is 5.32 Å². The van der Waals surface area contributed by atoms with Gasteiger partial charge in [-0.05, 0) is 31.4 Å². The maximum atomic E-state index is 11.6. The monoisotopic (exact) mass is 319 g/mol. The molecule has 0 saturated carbocycles. The van der Waals surface area contributed by atoms with E-state index in [9.17, 15) is 9.59 Å². The highest BCUT2D eigenvalue weighted by Crippen LogP contribution is 2.19. The summed E-state index contributed by atoms with van der Waals surface area (Å²) >= 11 is 0. The molecule has 5 heteroatoms. The Kier molecular flexibility index (Phi) is 8.50. The summed E-state index contributed by atoms with van der Waals surface area (Å²) in [5.74, 6) is 0.370. The lowest BCUT2D eigenvalue weighted by atomic mass is 10.1. The number of carbonyl (C=O) groups is 2. The van der Waals surface area contributed by atoms with Crippen LogP contribution in [0.4, 0.5) is 0 Å². The highest BCUT2D eigenvalue weighted by Gasteiger charge is 2.05. The number of carbonyl (C=O) groups excluding carboxylic acids is 2. The third-order valence-corrected chi connectivity index (χ3v) is 3.01. The second-order valence-corrected chi connectivity index (χ2v) is 5.44. The van der Waals surface area contributed by atoms with E-state index in [1.165, 1.54) is 6.08 Å². The predicted octanol–water partition coefficient (Wildman–Crippen LogP) is 2.80. The minimum atomic E-state index is -0.560. The van der Waals surface area contributed by atoms with Gasteiger partial charge in [0.15, 0.2) is 6.61 Å². The molecule has 1 aromatic carbocycles. The van der Waals surface area contributed by atoms with Crippen molar-refractivity contribution in [3.05, 3.63) is 35.9 Å². The molecule has 1 N–H and O–H groups in total. The zero-order chi connectivity index (χ0) is 17.1. The summed E-state index contributed by atoms with van der Waals surface area (Å²) in [6.45, 7) is 6.92. The van der Waals surface area contributed by atoms with Gasteiger partial charge in [0, 0.05) is 18.2 Å². The van der Waals surface area contributed by atoms with Crippen molar-refractivity contribution in [2.24, 2.45) is 5.92 Å². The van der Waals surface area contributed by atoms with Crippen LogP contribution >= 0.6 is 0 Å². The lowest BCUT2D eigenvalue weighted by Crippen LogP contribution is -2.29. The van der Waals surface area contributed by atoms with Crippen LogP contribution in [0.3, 0.4) is 0 Å². The highest BCUT2D eigenvalue weighted by atomic mass is 16.5. The topological polar surface area (TPSA) is 64.6 Å². The second-order valence-electron chi connectivity index (χ2n) is 5.44. The van der Waals surface area contributed by atoms with E-state index in [2.05, 4.69) is 19.2 Å². The fourth-order valence-electron chi connectivity index (χ4n) is 1.80. The van der Waals surface area contributed by atoms with Gasteiger partial charge < -0.3 is 14.8 Å². The molecule has 0 heterocycles. The van der Waals surface area contributed by atoms with Crippen LogP contribution in [-0.4, -0.2) is 31.6 Å². The zero-order valence-electron chi connectivity index (χ0n) is 14.0. The molecule has 1 aromatic rings. The Morgan fingerprint density at radius 1 is 1.26 bits per heavy atom. The van der Waals surface area contributed by atoms with Gasteiger partial charge >= 0.3 is 5.97 Å². The maximum absolute atomic E-state index is 11.6. The van der Waals surface area contributed by atoms with Crippen LogP contribution in [-0.2, 0) is 14.3 Å². The van der Waals surface area contributed by atoms with Crippen molar-refractivity contribution in [3.8, 4) is 5.75 Å². The Morgan fingerprint density at radius 2 is 2.00 bits per heavy atom. The molecule has 0 fully saturated rings. The molecule has 126 valence electrons. The molecule has 0 atom stereocenters. The van der Waals surface area contributed by atoms with Crippen LogP contribution in [0.1, 0.15) is 32.8 Å². The molecular weight excluding hydrogens is 294 g/mol. The first kappa shape index (κ1) is 18.7. The van der Waals surface area contributed by atoms with Gasteiger partial charge in [0.2, 0.25) is 0 Å². The third-order valence-electron chi connectivity index (χ3n) is 3.01.